The molecule has 82 valence electrons. The van der Waals surface area contributed by atoms with E-state index in [4.69, 9.17) is 5.26 Å². The van der Waals surface area contributed by atoms with Crippen molar-refractivity contribution in [3.63, 3.8) is 0 Å². The first-order valence-corrected chi connectivity index (χ1v) is 5.51. The molecule has 2 heteroatoms. The van der Waals surface area contributed by atoms with Gasteiger partial charge in [-0.1, -0.05) is 44.2 Å². The standard InChI is InChI=1S/C14H16N2/c1-12(2)14(11-16,9-6-10-15)13-7-4-3-5-8-13/h3-5,7-8,12H,6,9H2,1-2H3/t14-/m0/s1. The summed E-state index contributed by atoms with van der Waals surface area (Å²) in [4.78, 5) is 0. The Morgan fingerprint density at radius 3 is 2.25 bits per heavy atom. The summed E-state index contributed by atoms with van der Waals surface area (Å²) in [6, 6.07) is 14.3. The molecule has 1 aromatic carbocycles. The van der Waals surface area contributed by atoms with Crippen molar-refractivity contribution in [2.75, 3.05) is 0 Å². The summed E-state index contributed by atoms with van der Waals surface area (Å²) in [7, 11) is 0. The van der Waals surface area contributed by atoms with Crippen molar-refractivity contribution < 1.29 is 0 Å². The minimum Gasteiger partial charge on any atom is -0.198 e. The molecule has 16 heavy (non-hydrogen) atoms. The third-order valence-corrected chi connectivity index (χ3v) is 3.11. The Bertz CT molecular complexity index is 409. The third kappa shape index (κ3) is 2.23. The Kier molecular flexibility index (Phi) is 4.09. The van der Waals surface area contributed by atoms with E-state index in [-0.39, 0.29) is 5.92 Å². The second-order valence-electron chi connectivity index (χ2n) is 4.26. The van der Waals surface area contributed by atoms with Crippen LogP contribution in [0.5, 0.6) is 0 Å². The lowest BCUT2D eigenvalue weighted by molar-refractivity contribution is 0.372. The van der Waals surface area contributed by atoms with Crippen molar-refractivity contribution in [1.82, 2.24) is 0 Å². The van der Waals surface area contributed by atoms with Gasteiger partial charge in [-0.05, 0) is 17.9 Å². The first-order chi connectivity index (χ1) is 7.67. The molecule has 0 N–H and O–H groups in total. The van der Waals surface area contributed by atoms with Gasteiger partial charge in [-0.25, -0.2) is 0 Å². The smallest absolute Gasteiger partial charge is 0.0855 e. The maximum atomic E-state index is 9.47. The number of nitrogens with zero attached hydrogens (tertiary/aromatic N) is 2. The van der Waals surface area contributed by atoms with Gasteiger partial charge in [0.2, 0.25) is 0 Å². The third-order valence-electron chi connectivity index (χ3n) is 3.11. The molecule has 0 aromatic heterocycles. The van der Waals surface area contributed by atoms with Crippen molar-refractivity contribution in [1.29, 1.82) is 10.5 Å². The average molecular weight is 212 g/mol. The molecule has 0 heterocycles. The maximum Gasteiger partial charge on any atom is 0.0855 e. The zero-order valence-corrected chi connectivity index (χ0v) is 9.77. The summed E-state index contributed by atoms with van der Waals surface area (Å²) in [5.41, 5.74) is 0.486. The molecule has 1 atom stereocenters. The van der Waals surface area contributed by atoms with Crippen LogP contribution < -0.4 is 0 Å². The van der Waals surface area contributed by atoms with Gasteiger partial charge < -0.3 is 0 Å². The molecule has 1 rings (SSSR count). The van der Waals surface area contributed by atoms with Crippen molar-refractivity contribution in [2.45, 2.75) is 32.1 Å². The zero-order chi connectivity index (χ0) is 12.0. The Labute approximate surface area is 97.1 Å². The minimum atomic E-state index is -0.531. The highest BCUT2D eigenvalue weighted by molar-refractivity contribution is 5.33. The molecular formula is C14H16N2. The van der Waals surface area contributed by atoms with Gasteiger partial charge in [0, 0.05) is 6.42 Å². The van der Waals surface area contributed by atoms with Crippen molar-refractivity contribution in [3.05, 3.63) is 35.9 Å². The summed E-state index contributed by atoms with van der Waals surface area (Å²) in [6.45, 7) is 4.07. The number of hydrogen-bond acceptors (Lipinski definition) is 2. The van der Waals surface area contributed by atoms with Crippen LogP contribution in [0, 0.1) is 28.6 Å². The fourth-order valence-corrected chi connectivity index (χ4v) is 2.00. The molecular weight excluding hydrogens is 196 g/mol. The molecule has 0 radical (unpaired) electrons. The van der Waals surface area contributed by atoms with E-state index in [1.165, 1.54) is 0 Å². The molecule has 0 unspecified atom stereocenters. The monoisotopic (exact) mass is 212 g/mol. The molecule has 0 aliphatic heterocycles. The van der Waals surface area contributed by atoms with Crippen LogP contribution in [0.1, 0.15) is 32.3 Å². The predicted octanol–water partition coefficient (Wildman–Crippen LogP) is 3.41. The number of nitriles is 2. The predicted molar refractivity (Wildman–Crippen MR) is 63.4 cm³/mol. The van der Waals surface area contributed by atoms with Gasteiger partial charge in [0.25, 0.3) is 0 Å². The van der Waals surface area contributed by atoms with Gasteiger partial charge in [-0.3, -0.25) is 0 Å². The molecule has 1 aromatic rings. The van der Waals surface area contributed by atoms with Crippen LogP contribution >= 0.6 is 0 Å². The highest BCUT2D eigenvalue weighted by Crippen LogP contribution is 2.36. The van der Waals surface area contributed by atoms with E-state index in [2.05, 4.69) is 12.1 Å². The highest BCUT2D eigenvalue weighted by atomic mass is 14.4. The van der Waals surface area contributed by atoms with Crippen LogP contribution in [0.15, 0.2) is 30.3 Å². The Morgan fingerprint density at radius 2 is 1.81 bits per heavy atom. The van der Waals surface area contributed by atoms with Crippen LogP contribution in [0.2, 0.25) is 0 Å². The van der Waals surface area contributed by atoms with E-state index in [0.717, 1.165) is 5.56 Å². The summed E-state index contributed by atoms with van der Waals surface area (Å²) in [6.07, 6.45) is 1.02. The van der Waals surface area contributed by atoms with Crippen LogP contribution in [-0.2, 0) is 5.41 Å². The first-order valence-electron chi connectivity index (χ1n) is 5.51. The van der Waals surface area contributed by atoms with Crippen LogP contribution in [0.4, 0.5) is 0 Å². The lowest BCUT2D eigenvalue weighted by Gasteiger charge is -2.30. The summed E-state index contributed by atoms with van der Waals surface area (Å²) in [5, 5.41) is 18.2. The Morgan fingerprint density at radius 1 is 1.19 bits per heavy atom. The average Bonchev–Trinajstić information content (AvgIpc) is 2.31. The van der Waals surface area contributed by atoms with Crippen molar-refractivity contribution >= 4 is 0 Å². The molecule has 0 spiro atoms. The molecule has 0 fully saturated rings. The van der Waals surface area contributed by atoms with E-state index in [1.807, 2.05) is 44.2 Å². The van der Waals surface area contributed by atoms with Gasteiger partial charge in [-0.2, -0.15) is 10.5 Å². The van der Waals surface area contributed by atoms with Gasteiger partial charge >= 0.3 is 0 Å². The van der Waals surface area contributed by atoms with E-state index >= 15 is 0 Å². The Hall–Kier alpha value is -1.80. The molecule has 0 bridgehead atoms. The molecule has 0 aliphatic carbocycles. The number of rotatable bonds is 4. The lowest BCUT2D eigenvalue weighted by Crippen LogP contribution is -2.30. The first kappa shape index (κ1) is 12.3. The van der Waals surface area contributed by atoms with Crippen LogP contribution in [0.25, 0.3) is 0 Å². The molecule has 0 amide bonds. The van der Waals surface area contributed by atoms with E-state index < -0.39 is 5.41 Å². The van der Waals surface area contributed by atoms with E-state index in [9.17, 15) is 5.26 Å². The zero-order valence-electron chi connectivity index (χ0n) is 9.77. The second-order valence-corrected chi connectivity index (χ2v) is 4.26. The molecule has 0 aliphatic rings. The summed E-state index contributed by atoms with van der Waals surface area (Å²) < 4.78 is 0. The molecule has 0 saturated heterocycles. The van der Waals surface area contributed by atoms with Crippen molar-refractivity contribution in [3.8, 4) is 12.1 Å². The molecule has 0 saturated carbocycles. The quantitative estimate of drug-likeness (QED) is 0.767. The van der Waals surface area contributed by atoms with Gasteiger partial charge in [0.15, 0.2) is 0 Å². The largest absolute Gasteiger partial charge is 0.198 e. The van der Waals surface area contributed by atoms with Gasteiger partial charge in [0.1, 0.15) is 0 Å². The highest BCUT2D eigenvalue weighted by Gasteiger charge is 2.35. The topological polar surface area (TPSA) is 47.6 Å². The van der Waals surface area contributed by atoms with Gasteiger partial charge in [-0.15, -0.1) is 0 Å². The van der Waals surface area contributed by atoms with Crippen LogP contribution in [-0.4, -0.2) is 0 Å². The van der Waals surface area contributed by atoms with E-state index in [1.54, 1.807) is 0 Å². The SMILES string of the molecule is CC(C)[C@@](C#N)(CCC#N)c1ccccc1. The van der Waals surface area contributed by atoms with E-state index in [0.29, 0.717) is 12.8 Å². The minimum absolute atomic E-state index is 0.202. The maximum absolute atomic E-state index is 9.47. The lowest BCUT2D eigenvalue weighted by atomic mass is 9.70. The summed E-state index contributed by atoms with van der Waals surface area (Å²) >= 11 is 0. The fraction of sp³-hybridized carbons (Fsp3) is 0.429. The Balaban J connectivity index is 3.15. The number of hydrogen-bond donors (Lipinski definition) is 0. The molecule has 2 nitrogen and oxygen atoms in total. The van der Waals surface area contributed by atoms with Crippen LogP contribution in [0.3, 0.4) is 0 Å². The summed E-state index contributed by atoms with van der Waals surface area (Å²) in [5.74, 6) is 0.202. The van der Waals surface area contributed by atoms with Gasteiger partial charge in [0.05, 0.1) is 17.6 Å². The normalized spacial score (nSPS) is 13.8. The fourth-order valence-electron chi connectivity index (χ4n) is 2.00. The van der Waals surface area contributed by atoms with Crippen molar-refractivity contribution in [2.24, 2.45) is 5.92 Å². The number of benzene rings is 1. The second kappa shape index (κ2) is 5.33.